The first-order chi connectivity index (χ1) is 11.4. The molecular formula is C18H28N2O4. The molecule has 0 bridgehead atoms. The number of methoxy groups -OCH3 is 2. The van der Waals surface area contributed by atoms with Crippen molar-refractivity contribution in [1.82, 2.24) is 5.32 Å². The number of nitrogens with two attached hydrogens (primary N) is 1. The van der Waals surface area contributed by atoms with Crippen LogP contribution in [0, 0.1) is 0 Å². The second kappa shape index (κ2) is 7.85. The van der Waals surface area contributed by atoms with Gasteiger partial charge in [0.2, 0.25) is 5.91 Å². The molecule has 0 saturated carbocycles. The highest BCUT2D eigenvalue weighted by atomic mass is 16.5. The van der Waals surface area contributed by atoms with Crippen LogP contribution in [0.25, 0.3) is 0 Å². The fourth-order valence-corrected chi connectivity index (χ4v) is 2.85. The van der Waals surface area contributed by atoms with Gasteiger partial charge in [0.15, 0.2) is 11.5 Å². The predicted molar refractivity (Wildman–Crippen MR) is 92.5 cm³/mol. The maximum atomic E-state index is 12.3. The van der Waals surface area contributed by atoms with E-state index >= 15 is 0 Å². The van der Waals surface area contributed by atoms with Gasteiger partial charge < -0.3 is 25.3 Å². The molecule has 0 unspecified atom stereocenters. The summed E-state index contributed by atoms with van der Waals surface area (Å²) in [5, 5.41) is 3.00. The van der Waals surface area contributed by atoms with Crippen LogP contribution in [-0.2, 0) is 14.9 Å². The minimum atomic E-state index is -0.389. The third-order valence-electron chi connectivity index (χ3n) is 4.53. The van der Waals surface area contributed by atoms with Crippen molar-refractivity contribution in [2.24, 2.45) is 5.73 Å². The van der Waals surface area contributed by atoms with Gasteiger partial charge in [0.1, 0.15) is 6.10 Å². The Bertz CT molecular complexity index is 574. The lowest BCUT2D eigenvalue weighted by Crippen LogP contribution is -2.42. The van der Waals surface area contributed by atoms with Crippen molar-refractivity contribution in [3.05, 3.63) is 23.8 Å². The Morgan fingerprint density at radius 1 is 1.29 bits per heavy atom. The Hall–Kier alpha value is -1.79. The van der Waals surface area contributed by atoms with Crippen LogP contribution >= 0.6 is 0 Å². The van der Waals surface area contributed by atoms with Gasteiger partial charge >= 0.3 is 0 Å². The van der Waals surface area contributed by atoms with Crippen LogP contribution in [0.2, 0.25) is 0 Å². The molecule has 1 aliphatic rings. The molecule has 1 amide bonds. The molecule has 1 aromatic carbocycles. The number of hydrogen-bond acceptors (Lipinski definition) is 5. The molecule has 3 N–H and O–H groups in total. The van der Waals surface area contributed by atoms with Gasteiger partial charge in [0.05, 0.1) is 20.3 Å². The lowest BCUT2D eigenvalue weighted by molar-refractivity contribution is -0.132. The fourth-order valence-electron chi connectivity index (χ4n) is 2.85. The van der Waals surface area contributed by atoms with E-state index in [-0.39, 0.29) is 23.5 Å². The maximum absolute atomic E-state index is 12.3. The van der Waals surface area contributed by atoms with Crippen molar-refractivity contribution in [1.29, 1.82) is 0 Å². The zero-order valence-corrected chi connectivity index (χ0v) is 14.9. The summed E-state index contributed by atoms with van der Waals surface area (Å²) in [6.07, 6.45) is 1.18. The summed E-state index contributed by atoms with van der Waals surface area (Å²) < 4.78 is 16.3. The van der Waals surface area contributed by atoms with Crippen LogP contribution in [0.1, 0.15) is 32.3 Å². The van der Waals surface area contributed by atoms with Crippen LogP contribution in [0.5, 0.6) is 11.5 Å². The summed E-state index contributed by atoms with van der Waals surface area (Å²) >= 11 is 0. The average molecular weight is 336 g/mol. The quantitative estimate of drug-likeness (QED) is 0.790. The van der Waals surface area contributed by atoms with Crippen LogP contribution < -0.4 is 20.5 Å². The summed E-state index contributed by atoms with van der Waals surface area (Å²) in [4.78, 5) is 12.3. The molecule has 0 aromatic heterocycles. The van der Waals surface area contributed by atoms with Crippen molar-refractivity contribution in [2.75, 3.05) is 27.3 Å². The Morgan fingerprint density at radius 2 is 2.00 bits per heavy atom. The molecule has 0 radical (unpaired) electrons. The van der Waals surface area contributed by atoms with Crippen LogP contribution in [0.3, 0.4) is 0 Å². The van der Waals surface area contributed by atoms with E-state index in [2.05, 4.69) is 19.2 Å². The van der Waals surface area contributed by atoms with Crippen LogP contribution in [0.4, 0.5) is 0 Å². The maximum Gasteiger partial charge on any atom is 0.249 e. The Balaban J connectivity index is 1.99. The van der Waals surface area contributed by atoms with Gasteiger partial charge in [-0.15, -0.1) is 0 Å². The minimum Gasteiger partial charge on any atom is -0.493 e. The van der Waals surface area contributed by atoms with Gasteiger partial charge in [0, 0.05) is 18.5 Å². The smallest absolute Gasteiger partial charge is 0.249 e. The molecule has 2 atom stereocenters. The SMILES string of the molecule is COc1ccc(C(C)(C)CNC(=O)[C@@H]2CC[C@H](CN)O2)cc1OC. The molecule has 6 heteroatoms. The molecule has 134 valence electrons. The number of amides is 1. The summed E-state index contributed by atoms with van der Waals surface area (Å²) in [7, 11) is 3.22. The van der Waals surface area contributed by atoms with Crippen molar-refractivity contribution < 1.29 is 19.0 Å². The van der Waals surface area contributed by atoms with E-state index in [1.165, 1.54) is 0 Å². The number of hydrogen-bond donors (Lipinski definition) is 2. The lowest BCUT2D eigenvalue weighted by atomic mass is 9.84. The van der Waals surface area contributed by atoms with Crippen LogP contribution in [0.15, 0.2) is 18.2 Å². The zero-order chi connectivity index (χ0) is 17.7. The van der Waals surface area contributed by atoms with Crippen molar-refractivity contribution in [2.45, 2.75) is 44.3 Å². The molecular weight excluding hydrogens is 308 g/mol. The number of nitrogens with one attached hydrogen (secondary N) is 1. The fraction of sp³-hybridized carbons (Fsp3) is 0.611. The number of carbonyl (C=O) groups is 1. The molecule has 1 saturated heterocycles. The molecule has 24 heavy (non-hydrogen) atoms. The first-order valence-corrected chi connectivity index (χ1v) is 8.27. The molecule has 1 fully saturated rings. The summed E-state index contributed by atoms with van der Waals surface area (Å²) in [5.41, 5.74) is 6.40. The van der Waals surface area contributed by atoms with Crippen molar-refractivity contribution in [3.8, 4) is 11.5 Å². The van der Waals surface area contributed by atoms with E-state index in [4.69, 9.17) is 19.9 Å². The molecule has 0 spiro atoms. The van der Waals surface area contributed by atoms with E-state index < -0.39 is 0 Å². The topological polar surface area (TPSA) is 82.8 Å². The number of ether oxygens (including phenoxy) is 3. The predicted octanol–water partition coefficient (Wildman–Crippen LogP) is 1.60. The van der Waals surface area contributed by atoms with Gasteiger partial charge in [-0.05, 0) is 30.5 Å². The molecule has 6 nitrogen and oxygen atoms in total. The Morgan fingerprint density at radius 3 is 2.58 bits per heavy atom. The second-order valence-corrected chi connectivity index (χ2v) is 6.73. The monoisotopic (exact) mass is 336 g/mol. The van der Waals surface area contributed by atoms with Gasteiger partial charge in [-0.2, -0.15) is 0 Å². The Kier molecular flexibility index (Phi) is 6.07. The third kappa shape index (κ3) is 4.19. The highest BCUT2D eigenvalue weighted by Crippen LogP contribution is 2.33. The van der Waals surface area contributed by atoms with Gasteiger partial charge in [-0.3, -0.25) is 4.79 Å². The largest absolute Gasteiger partial charge is 0.493 e. The number of rotatable bonds is 7. The van der Waals surface area contributed by atoms with Gasteiger partial charge in [-0.25, -0.2) is 0 Å². The standard InChI is InChI=1S/C18H28N2O4/c1-18(2,12-5-7-14(22-3)16(9-12)23-4)11-20-17(21)15-8-6-13(10-19)24-15/h5,7,9,13,15H,6,8,10-11,19H2,1-4H3,(H,20,21)/t13-,15+/m1/s1. The normalized spacial score (nSPS) is 20.7. The van der Waals surface area contributed by atoms with Crippen LogP contribution in [-0.4, -0.2) is 45.4 Å². The molecule has 0 aliphatic carbocycles. The van der Waals surface area contributed by atoms with Gasteiger partial charge in [0.25, 0.3) is 0 Å². The second-order valence-electron chi connectivity index (χ2n) is 6.73. The molecule has 2 rings (SSSR count). The third-order valence-corrected chi connectivity index (χ3v) is 4.53. The van der Waals surface area contributed by atoms with E-state index in [1.807, 2.05) is 18.2 Å². The van der Waals surface area contributed by atoms with Crippen molar-refractivity contribution in [3.63, 3.8) is 0 Å². The Labute approximate surface area is 143 Å². The highest BCUT2D eigenvalue weighted by Gasteiger charge is 2.31. The molecule has 1 heterocycles. The van der Waals surface area contributed by atoms with Gasteiger partial charge in [-0.1, -0.05) is 19.9 Å². The number of carbonyl (C=O) groups excluding carboxylic acids is 1. The first kappa shape index (κ1) is 18.5. The highest BCUT2D eigenvalue weighted by molar-refractivity contribution is 5.81. The van der Waals surface area contributed by atoms with E-state index in [0.717, 1.165) is 18.4 Å². The lowest BCUT2D eigenvalue weighted by Gasteiger charge is -2.27. The average Bonchev–Trinajstić information content (AvgIpc) is 3.08. The summed E-state index contributed by atoms with van der Waals surface area (Å²) in [6.45, 7) is 5.12. The first-order valence-electron chi connectivity index (χ1n) is 8.27. The summed E-state index contributed by atoms with van der Waals surface area (Å²) in [5.74, 6) is 1.30. The molecule has 1 aromatic rings. The van der Waals surface area contributed by atoms with E-state index in [0.29, 0.717) is 24.6 Å². The molecule has 1 aliphatic heterocycles. The minimum absolute atomic E-state index is 0.000362. The van der Waals surface area contributed by atoms with Crippen molar-refractivity contribution >= 4 is 5.91 Å². The summed E-state index contributed by atoms with van der Waals surface area (Å²) in [6, 6.07) is 5.81. The van der Waals surface area contributed by atoms with E-state index in [9.17, 15) is 4.79 Å². The number of benzene rings is 1. The van der Waals surface area contributed by atoms with E-state index in [1.54, 1.807) is 14.2 Å². The zero-order valence-electron chi connectivity index (χ0n) is 14.9.